The normalized spacial score (nSPS) is 11.9. The third-order valence-electron chi connectivity index (χ3n) is 1.98. The molecule has 16 heavy (non-hydrogen) atoms. The van der Waals surface area contributed by atoms with Gasteiger partial charge in [-0.1, -0.05) is 0 Å². The van der Waals surface area contributed by atoms with Gasteiger partial charge in [0.1, 0.15) is 5.76 Å². The Bertz CT molecular complexity index is 413. The zero-order valence-electron chi connectivity index (χ0n) is 8.85. The number of unbranched alkanes of at least 4 members (excludes halogenated alkanes) is 1. The maximum absolute atomic E-state index is 10.9. The molecule has 0 radical (unpaired) electrons. The molecule has 0 amide bonds. The van der Waals surface area contributed by atoms with Crippen LogP contribution in [0.5, 0.6) is 0 Å². The summed E-state index contributed by atoms with van der Waals surface area (Å²) in [6.07, 6.45) is 1.60. The second-order valence-electron chi connectivity index (χ2n) is 3.37. The molecule has 0 saturated carbocycles. The molecule has 1 aromatic rings. The van der Waals surface area contributed by atoms with E-state index in [0.717, 1.165) is 19.4 Å². The van der Waals surface area contributed by atoms with Crippen LogP contribution < -0.4 is 10.5 Å². The minimum absolute atomic E-state index is 0.179. The van der Waals surface area contributed by atoms with E-state index in [9.17, 15) is 8.42 Å². The molecule has 0 fully saturated rings. The van der Waals surface area contributed by atoms with Gasteiger partial charge in [-0.3, -0.25) is 0 Å². The first kappa shape index (κ1) is 13.2. The Morgan fingerprint density at radius 2 is 2.12 bits per heavy atom. The molecule has 92 valence electrons. The zero-order valence-corrected chi connectivity index (χ0v) is 9.66. The molecule has 0 bridgehead atoms. The van der Waals surface area contributed by atoms with Gasteiger partial charge >= 0.3 is 0 Å². The first-order valence-corrected chi connectivity index (χ1v) is 6.52. The molecule has 1 rings (SSSR count). The number of hydrogen-bond donors (Lipinski definition) is 3. The summed E-state index contributed by atoms with van der Waals surface area (Å²) in [4.78, 5) is 0. The molecule has 0 aromatic carbocycles. The summed E-state index contributed by atoms with van der Waals surface area (Å²) in [5.41, 5.74) is 0. The number of primary sulfonamides is 1. The number of aliphatic hydroxyl groups is 1. The van der Waals surface area contributed by atoms with Crippen molar-refractivity contribution in [3.05, 3.63) is 17.9 Å². The molecule has 1 aromatic heterocycles. The van der Waals surface area contributed by atoms with E-state index in [0.29, 0.717) is 12.3 Å². The van der Waals surface area contributed by atoms with Gasteiger partial charge in [-0.2, -0.15) is 0 Å². The van der Waals surface area contributed by atoms with Crippen molar-refractivity contribution >= 4 is 10.0 Å². The smallest absolute Gasteiger partial charge is 0.271 e. The molecular weight excluding hydrogens is 232 g/mol. The third-order valence-corrected chi connectivity index (χ3v) is 2.76. The largest absolute Gasteiger partial charge is 0.447 e. The van der Waals surface area contributed by atoms with Gasteiger partial charge in [0.15, 0.2) is 0 Å². The van der Waals surface area contributed by atoms with Crippen molar-refractivity contribution in [3.63, 3.8) is 0 Å². The van der Waals surface area contributed by atoms with Crippen LogP contribution in [0.2, 0.25) is 0 Å². The van der Waals surface area contributed by atoms with E-state index in [-0.39, 0.29) is 11.7 Å². The summed E-state index contributed by atoms with van der Waals surface area (Å²) < 4.78 is 26.8. The van der Waals surface area contributed by atoms with Gasteiger partial charge in [0.05, 0.1) is 6.54 Å². The lowest BCUT2D eigenvalue weighted by molar-refractivity contribution is 0.283. The van der Waals surface area contributed by atoms with Crippen LogP contribution >= 0.6 is 0 Å². The lowest BCUT2D eigenvalue weighted by Gasteiger charge is -2.00. The molecule has 0 unspecified atom stereocenters. The van der Waals surface area contributed by atoms with Gasteiger partial charge < -0.3 is 14.8 Å². The Balaban J connectivity index is 2.36. The van der Waals surface area contributed by atoms with Crippen LogP contribution in [0.15, 0.2) is 21.6 Å². The molecule has 1 heterocycles. The fourth-order valence-corrected chi connectivity index (χ4v) is 1.66. The average Bonchev–Trinajstić information content (AvgIpc) is 2.65. The first-order valence-electron chi connectivity index (χ1n) is 4.97. The van der Waals surface area contributed by atoms with Crippen LogP contribution in [0.3, 0.4) is 0 Å². The molecule has 0 aliphatic heterocycles. The Kier molecular flexibility index (Phi) is 4.94. The minimum Gasteiger partial charge on any atom is -0.447 e. The summed E-state index contributed by atoms with van der Waals surface area (Å²) in [7, 11) is -3.75. The van der Waals surface area contributed by atoms with Gasteiger partial charge in [-0.25, -0.2) is 13.6 Å². The van der Waals surface area contributed by atoms with Crippen molar-refractivity contribution in [2.75, 3.05) is 13.2 Å². The fraction of sp³-hybridized carbons (Fsp3) is 0.556. The molecule has 0 spiro atoms. The van der Waals surface area contributed by atoms with Gasteiger partial charge in [-0.15, -0.1) is 0 Å². The van der Waals surface area contributed by atoms with Crippen LogP contribution in [0.25, 0.3) is 0 Å². The van der Waals surface area contributed by atoms with Crippen LogP contribution in [-0.2, 0) is 16.6 Å². The molecule has 7 heteroatoms. The summed E-state index contributed by atoms with van der Waals surface area (Å²) in [6, 6.07) is 2.90. The van der Waals surface area contributed by atoms with E-state index in [1.165, 1.54) is 6.07 Å². The number of furan rings is 1. The third kappa shape index (κ3) is 4.31. The van der Waals surface area contributed by atoms with Crippen molar-refractivity contribution < 1.29 is 17.9 Å². The van der Waals surface area contributed by atoms with Crippen molar-refractivity contribution in [2.45, 2.75) is 24.5 Å². The van der Waals surface area contributed by atoms with Crippen molar-refractivity contribution in [3.8, 4) is 0 Å². The summed E-state index contributed by atoms with van der Waals surface area (Å²) in [5, 5.41) is 16.3. The maximum atomic E-state index is 10.9. The van der Waals surface area contributed by atoms with E-state index in [2.05, 4.69) is 5.32 Å². The second-order valence-corrected chi connectivity index (χ2v) is 4.87. The summed E-state index contributed by atoms with van der Waals surface area (Å²) in [6.45, 7) is 1.37. The van der Waals surface area contributed by atoms with Crippen LogP contribution in [0.1, 0.15) is 18.6 Å². The molecular formula is C9H16N2O4S. The van der Waals surface area contributed by atoms with E-state index in [4.69, 9.17) is 14.7 Å². The molecule has 0 atom stereocenters. The van der Waals surface area contributed by atoms with Gasteiger partial charge in [0, 0.05) is 6.61 Å². The molecule has 0 saturated heterocycles. The van der Waals surface area contributed by atoms with Crippen LogP contribution in [-0.4, -0.2) is 26.7 Å². The Labute approximate surface area is 94.5 Å². The highest BCUT2D eigenvalue weighted by atomic mass is 32.2. The van der Waals surface area contributed by atoms with Crippen LogP contribution in [0.4, 0.5) is 0 Å². The first-order chi connectivity index (χ1) is 7.54. The summed E-state index contributed by atoms with van der Waals surface area (Å²) in [5.74, 6) is 0.521. The SMILES string of the molecule is NS(=O)(=O)c1ccc(CNCCCCO)o1. The Morgan fingerprint density at radius 1 is 1.38 bits per heavy atom. The van der Waals surface area contributed by atoms with Crippen molar-refractivity contribution in [2.24, 2.45) is 5.14 Å². The summed E-state index contributed by atoms with van der Waals surface area (Å²) >= 11 is 0. The number of nitrogens with two attached hydrogens (primary N) is 1. The highest BCUT2D eigenvalue weighted by Crippen LogP contribution is 2.11. The number of hydrogen-bond acceptors (Lipinski definition) is 5. The number of aliphatic hydroxyl groups excluding tert-OH is 1. The number of nitrogens with one attached hydrogen (secondary N) is 1. The minimum atomic E-state index is -3.75. The van der Waals surface area contributed by atoms with Crippen molar-refractivity contribution in [1.29, 1.82) is 0 Å². The Morgan fingerprint density at radius 3 is 2.69 bits per heavy atom. The molecule has 6 nitrogen and oxygen atoms in total. The van der Waals surface area contributed by atoms with E-state index < -0.39 is 10.0 Å². The van der Waals surface area contributed by atoms with Gasteiger partial charge in [-0.05, 0) is 31.5 Å². The average molecular weight is 248 g/mol. The highest BCUT2D eigenvalue weighted by Gasteiger charge is 2.12. The van der Waals surface area contributed by atoms with Crippen LogP contribution in [0, 0.1) is 0 Å². The quantitative estimate of drug-likeness (QED) is 0.579. The monoisotopic (exact) mass is 248 g/mol. The van der Waals surface area contributed by atoms with Gasteiger partial charge in [0.2, 0.25) is 5.09 Å². The number of sulfonamides is 1. The molecule has 4 N–H and O–H groups in total. The second kappa shape index (κ2) is 6.00. The lowest BCUT2D eigenvalue weighted by atomic mass is 10.3. The molecule has 0 aliphatic rings. The lowest BCUT2D eigenvalue weighted by Crippen LogP contribution is -2.14. The topological polar surface area (TPSA) is 106 Å². The predicted octanol–water partition coefficient (Wildman–Crippen LogP) is -0.211. The zero-order chi connectivity index (χ0) is 12.0. The molecule has 0 aliphatic carbocycles. The number of rotatable bonds is 7. The van der Waals surface area contributed by atoms with Crippen molar-refractivity contribution in [1.82, 2.24) is 5.32 Å². The maximum Gasteiger partial charge on any atom is 0.271 e. The fourth-order valence-electron chi connectivity index (χ4n) is 1.18. The van der Waals surface area contributed by atoms with Gasteiger partial charge in [0.25, 0.3) is 10.0 Å². The van der Waals surface area contributed by atoms with E-state index >= 15 is 0 Å². The van der Waals surface area contributed by atoms with E-state index in [1.807, 2.05) is 0 Å². The standard InChI is InChI=1S/C9H16N2O4S/c10-16(13,14)9-4-3-8(15-9)7-11-5-1-2-6-12/h3-4,11-12H,1-2,5-7H2,(H2,10,13,14). The predicted molar refractivity (Wildman–Crippen MR) is 58.1 cm³/mol. The van der Waals surface area contributed by atoms with E-state index in [1.54, 1.807) is 6.07 Å². The Hall–Kier alpha value is -0.890. The highest BCUT2D eigenvalue weighted by molar-refractivity contribution is 7.89.